The highest BCUT2D eigenvalue weighted by Crippen LogP contribution is 2.09. The maximum atomic E-state index is 11.6. The molecule has 1 rings (SSSR count). The highest BCUT2D eigenvalue weighted by atomic mass is 16.5. The van der Waals surface area contributed by atoms with E-state index >= 15 is 0 Å². The van der Waals surface area contributed by atoms with Crippen molar-refractivity contribution in [3.63, 3.8) is 0 Å². The fourth-order valence-corrected chi connectivity index (χ4v) is 1.53. The van der Waals surface area contributed by atoms with E-state index in [4.69, 9.17) is 4.74 Å². The smallest absolute Gasteiger partial charge is 0.319 e. The molecule has 0 aliphatic rings. The maximum absolute atomic E-state index is 11.6. The van der Waals surface area contributed by atoms with E-state index in [1.807, 2.05) is 25.1 Å². The van der Waals surface area contributed by atoms with Crippen molar-refractivity contribution in [1.29, 1.82) is 0 Å². The molecule has 0 fully saturated rings. The Morgan fingerprint density at radius 2 is 2.22 bits per heavy atom. The SMILES string of the molecule is COCC(C)(O)CNC(=O)Nc1cccc(C)c1. The molecule has 3 N–H and O–H groups in total. The van der Waals surface area contributed by atoms with Crippen LogP contribution in [0.4, 0.5) is 10.5 Å². The van der Waals surface area contributed by atoms with Gasteiger partial charge < -0.3 is 20.5 Å². The van der Waals surface area contributed by atoms with Gasteiger partial charge in [0, 0.05) is 12.8 Å². The molecule has 18 heavy (non-hydrogen) atoms. The quantitative estimate of drug-likeness (QED) is 0.744. The Balaban J connectivity index is 2.43. The van der Waals surface area contributed by atoms with Crippen molar-refractivity contribution in [1.82, 2.24) is 5.32 Å². The molecule has 5 heteroatoms. The van der Waals surface area contributed by atoms with Crippen LogP contribution >= 0.6 is 0 Å². The van der Waals surface area contributed by atoms with Crippen LogP contribution in [0.3, 0.4) is 0 Å². The predicted molar refractivity (Wildman–Crippen MR) is 70.7 cm³/mol. The van der Waals surface area contributed by atoms with Crippen molar-refractivity contribution in [2.24, 2.45) is 0 Å². The van der Waals surface area contributed by atoms with E-state index < -0.39 is 5.60 Å². The van der Waals surface area contributed by atoms with Gasteiger partial charge in [0.05, 0.1) is 13.2 Å². The largest absolute Gasteiger partial charge is 0.386 e. The molecule has 0 bridgehead atoms. The summed E-state index contributed by atoms with van der Waals surface area (Å²) in [5, 5.41) is 15.1. The summed E-state index contributed by atoms with van der Waals surface area (Å²) in [6.45, 7) is 3.84. The molecular formula is C13H20N2O3. The lowest BCUT2D eigenvalue weighted by molar-refractivity contribution is -0.0133. The van der Waals surface area contributed by atoms with E-state index in [-0.39, 0.29) is 19.2 Å². The van der Waals surface area contributed by atoms with Gasteiger partial charge in [0.25, 0.3) is 0 Å². The number of urea groups is 1. The van der Waals surface area contributed by atoms with Crippen molar-refractivity contribution in [3.05, 3.63) is 29.8 Å². The first-order valence-electron chi connectivity index (χ1n) is 5.76. The van der Waals surface area contributed by atoms with E-state index in [0.29, 0.717) is 0 Å². The maximum Gasteiger partial charge on any atom is 0.319 e. The average molecular weight is 252 g/mol. The van der Waals surface area contributed by atoms with Crippen molar-refractivity contribution in [3.8, 4) is 0 Å². The summed E-state index contributed by atoms with van der Waals surface area (Å²) in [6, 6.07) is 7.14. The number of anilines is 1. The lowest BCUT2D eigenvalue weighted by Crippen LogP contribution is -2.45. The zero-order valence-electron chi connectivity index (χ0n) is 11.0. The second-order valence-corrected chi connectivity index (χ2v) is 4.61. The summed E-state index contributed by atoms with van der Waals surface area (Å²) in [5.41, 5.74) is 0.719. The summed E-state index contributed by atoms with van der Waals surface area (Å²) in [7, 11) is 1.50. The fourth-order valence-electron chi connectivity index (χ4n) is 1.53. The molecule has 0 saturated heterocycles. The van der Waals surface area contributed by atoms with Crippen molar-refractivity contribution >= 4 is 11.7 Å². The minimum absolute atomic E-state index is 0.124. The van der Waals surface area contributed by atoms with Crippen LogP contribution in [0.5, 0.6) is 0 Å². The molecule has 1 atom stereocenters. The van der Waals surface area contributed by atoms with Gasteiger partial charge in [0.2, 0.25) is 0 Å². The van der Waals surface area contributed by atoms with Crippen molar-refractivity contribution in [2.75, 3.05) is 25.6 Å². The zero-order valence-corrected chi connectivity index (χ0v) is 11.0. The lowest BCUT2D eigenvalue weighted by Gasteiger charge is -2.22. The third-order valence-electron chi connectivity index (χ3n) is 2.36. The van der Waals surface area contributed by atoms with Gasteiger partial charge in [-0.05, 0) is 31.5 Å². The number of hydrogen-bond donors (Lipinski definition) is 3. The molecule has 0 saturated carbocycles. The minimum Gasteiger partial charge on any atom is -0.386 e. The first-order valence-corrected chi connectivity index (χ1v) is 5.76. The summed E-state index contributed by atoms with van der Waals surface area (Å²) in [4.78, 5) is 11.6. The van der Waals surface area contributed by atoms with Gasteiger partial charge in [-0.2, -0.15) is 0 Å². The Morgan fingerprint density at radius 3 is 2.83 bits per heavy atom. The molecule has 0 aliphatic carbocycles. The number of benzene rings is 1. The Labute approximate surface area is 107 Å². The van der Waals surface area contributed by atoms with Crippen LogP contribution < -0.4 is 10.6 Å². The normalized spacial score (nSPS) is 13.8. The van der Waals surface area contributed by atoms with Crippen molar-refractivity contribution < 1.29 is 14.6 Å². The molecular weight excluding hydrogens is 232 g/mol. The standard InChI is InChI=1S/C13H20N2O3/c1-10-5-4-6-11(7-10)15-12(16)14-8-13(2,17)9-18-3/h4-7,17H,8-9H2,1-3H3,(H2,14,15,16). The van der Waals surface area contributed by atoms with Crippen LogP contribution in [-0.4, -0.2) is 37.0 Å². The molecule has 0 radical (unpaired) electrons. The van der Waals surface area contributed by atoms with Gasteiger partial charge in [-0.3, -0.25) is 0 Å². The van der Waals surface area contributed by atoms with Gasteiger partial charge in [-0.1, -0.05) is 12.1 Å². The number of methoxy groups -OCH3 is 1. The number of nitrogens with one attached hydrogen (secondary N) is 2. The van der Waals surface area contributed by atoms with Crippen LogP contribution in [0.25, 0.3) is 0 Å². The predicted octanol–water partition coefficient (Wildman–Crippen LogP) is 1.51. The highest BCUT2D eigenvalue weighted by molar-refractivity contribution is 5.89. The molecule has 0 spiro atoms. The van der Waals surface area contributed by atoms with E-state index in [9.17, 15) is 9.90 Å². The molecule has 0 aromatic heterocycles. The highest BCUT2D eigenvalue weighted by Gasteiger charge is 2.20. The number of aryl methyl sites for hydroxylation is 1. The van der Waals surface area contributed by atoms with E-state index in [2.05, 4.69) is 10.6 Å². The molecule has 0 heterocycles. The van der Waals surface area contributed by atoms with Crippen LogP contribution in [0, 0.1) is 6.92 Å². The van der Waals surface area contributed by atoms with Crippen LogP contribution in [0.1, 0.15) is 12.5 Å². The number of amides is 2. The van der Waals surface area contributed by atoms with Crippen molar-refractivity contribution in [2.45, 2.75) is 19.4 Å². The molecule has 1 aromatic carbocycles. The summed E-state index contributed by atoms with van der Waals surface area (Å²) in [6.07, 6.45) is 0. The average Bonchev–Trinajstić information content (AvgIpc) is 2.26. The molecule has 100 valence electrons. The lowest BCUT2D eigenvalue weighted by atomic mass is 10.1. The number of rotatable bonds is 5. The zero-order chi connectivity index (χ0) is 13.6. The summed E-state index contributed by atoms with van der Waals surface area (Å²) >= 11 is 0. The van der Waals surface area contributed by atoms with Gasteiger partial charge in [0.15, 0.2) is 0 Å². The Bertz CT molecular complexity index is 405. The first kappa shape index (κ1) is 14.5. The Hall–Kier alpha value is -1.59. The van der Waals surface area contributed by atoms with Gasteiger partial charge in [-0.15, -0.1) is 0 Å². The third-order valence-corrected chi connectivity index (χ3v) is 2.36. The molecule has 5 nitrogen and oxygen atoms in total. The number of ether oxygens (including phenoxy) is 1. The molecule has 1 aromatic rings. The van der Waals surface area contributed by atoms with E-state index in [1.54, 1.807) is 13.0 Å². The number of carbonyl (C=O) groups excluding carboxylic acids is 1. The minimum atomic E-state index is -1.07. The third kappa shape index (κ3) is 5.16. The topological polar surface area (TPSA) is 70.6 Å². The van der Waals surface area contributed by atoms with Crippen LogP contribution in [0.15, 0.2) is 24.3 Å². The van der Waals surface area contributed by atoms with Crippen LogP contribution in [-0.2, 0) is 4.74 Å². The molecule has 0 aliphatic heterocycles. The number of hydrogen-bond acceptors (Lipinski definition) is 3. The summed E-state index contributed by atoms with van der Waals surface area (Å²) < 4.78 is 4.85. The van der Waals surface area contributed by atoms with E-state index in [0.717, 1.165) is 11.3 Å². The van der Waals surface area contributed by atoms with Gasteiger partial charge >= 0.3 is 6.03 Å². The van der Waals surface area contributed by atoms with E-state index in [1.165, 1.54) is 7.11 Å². The van der Waals surface area contributed by atoms with Gasteiger partial charge in [0.1, 0.15) is 5.60 Å². The van der Waals surface area contributed by atoms with Gasteiger partial charge in [-0.25, -0.2) is 4.79 Å². The number of aliphatic hydroxyl groups is 1. The Kier molecular flexibility index (Phi) is 5.12. The molecule has 2 amide bonds. The first-order chi connectivity index (χ1) is 8.43. The van der Waals surface area contributed by atoms with Crippen LogP contribution in [0.2, 0.25) is 0 Å². The fraction of sp³-hybridized carbons (Fsp3) is 0.462. The second kappa shape index (κ2) is 6.37. The molecule has 1 unspecified atom stereocenters. The summed E-state index contributed by atoms with van der Waals surface area (Å²) in [5.74, 6) is 0. The monoisotopic (exact) mass is 252 g/mol. The second-order valence-electron chi connectivity index (χ2n) is 4.61. The Morgan fingerprint density at radius 1 is 1.50 bits per heavy atom. The number of carbonyl (C=O) groups is 1.